The van der Waals surface area contributed by atoms with Crippen molar-refractivity contribution < 1.29 is 22.7 Å². The van der Waals surface area contributed by atoms with Gasteiger partial charge in [-0.1, -0.05) is 35.9 Å². The van der Waals surface area contributed by atoms with E-state index in [4.69, 9.17) is 16.3 Å². The number of ether oxygens (including phenoxy) is 1. The van der Waals surface area contributed by atoms with E-state index in [-0.39, 0.29) is 23.1 Å². The Morgan fingerprint density at radius 1 is 0.938 bits per heavy atom. The quantitative estimate of drug-likeness (QED) is 0.476. The Kier molecular flexibility index (Phi) is 7.29. The van der Waals surface area contributed by atoms with Gasteiger partial charge in [-0.25, -0.2) is 13.1 Å². The largest absolute Gasteiger partial charge is 0.495 e. The molecule has 0 spiro atoms. The summed E-state index contributed by atoms with van der Waals surface area (Å²) in [6.45, 7) is 1.46. The smallest absolute Gasteiger partial charge is 0.255 e. The average molecular weight is 473 g/mol. The van der Waals surface area contributed by atoms with E-state index in [9.17, 15) is 18.0 Å². The number of methoxy groups -OCH3 is 1. The number of nitrogens with one attached hydrogen (secondary N) is 2. The molecular weight excluding hydrogens is 452 g/mol. The van der Waals surface area contributed by atoms with E-state index < -0.39 is 10.0 Å². The minimum absolute atomic E-state index is 0.0484. The second-order valence-corrected chi connectivity index (χ2v) is 9.08. The highest BCUT2D eigenvalue weighted by Gasteiger charge is 2.14. The number of amides is 1. The number of sulfonamides is 1. The van der Waals surface area contributed by atoms with Gasteiger partial charge in [0, 0.05) is 23.4 Å². The van der Waals surface area contributed by atoms with E-state index >= 15 is 0 Å². The number of carbonyl (C=O) groups is 2. The van der Waals surface area contributed by atoms with Crippen LogP contribution in [0, 0.1) is 0 Å². The van der Waals surface area contributed by atoms with Gasteiger partial charge < -0.3 is 10.1 Å². The van der Waals surface area contributed by atoms with Crippen LogP contribution >= 0.6 is 11.6 Å². The first-order valence-corrected chi connectivity index (χ1v) is 11.4. The molecule has 3 aromatic carbocycles. The molecule has 3 aromatic rings. The Balaban J connectivity index is 1.62. The highest BCUT2D eigenvalue weighted by Crippen LogP contribution is 2.27. The van der Waals surface area contributed by atoms with Crippen molar-refractivity contribution in [2.24, 2.45) is 0 Å². The number of hydrogen-bond acceptors (Lipinski definition) is 5. The van der Waals surface area contributed by atoms with Crippen molar-refractivity contribution in [2.75, 3.05) is 12.4 Å². The van der Waals surface area contributed by atoms with Crippen LogP contribution in [0.3, 0.4) is 0 Å². The molecule has 166 valence electrons. The summed E-state index contributed by atoms with van der Waals surface area (Å²) in [5, 5.41) is 3.12. The van der Waals surface area contributed by atoms with Crippen molar-refractivity contribution in [3.8, 4) is 5.75 Å². The van der Waals surface area contributed by atoms with Gasteiger partial charge in [-0.3, -0.25) is 9.59 Å². The fraction of sp³-hybridized carbons (Fsp3) is 0.130. The summed E-state index contributed by atoms with van der Waals surface area (Å²) in [4.78, 5) is 23.8. The maximum absolute atomic E-state index is 12.5. The lowest BCUT2D eigenvalue weighted by Crippen LogP contribution is -2.23. The zero-order valence-corrected chi connectivity index (χ0v) is 19.0. The number of hydrogen-bond donors (Lipinski definition) is 2. The maximum Gasteiger partial charge on any atom is 0.255 e. The molecule has 0 aliphatic heterocycles. The van der Waals surface area contributed by atoms with E-state index in [0.717, 1.165) is 0 Å². The Bertz CT molecular complexity index is 1240. The highest BCUT2D eigenvalue weighted by molar-refractivity contribution is 7.89. The molecule has 0 aromatic heterocycles. The maximum atomic E-state index is 12.5. The Labute approximate surface area is 191 Å². The van der Waals surface area contributed by atoms with Crippen LogP contribution < -0.4 is 14.8 Å². The lowest BCUT2D eigenvalue weighted by molar-refractivity contribution is 0.101. The number of carbonyl (C=O) groups excluding carboxylic acids is 2. The SMILES string of the molecule is COc1ccc(NC(=O)c2ccc(CNS(=O)(=O)c3ccc(C(C)=O)cc3)cc2)cc1Cl. The third-order valence-corrected chi connectivity index (χ3v) is 6.38. The molecule has 0 aliphatic rings. The standard InChI is InChI=1S/C23H21ClN2O5S/c1-15(27)17-7-10-20(11-8-17)32(29,30)25-14-16-3-5-18(6-4-16)23(28)26-19-9-12-22(31-2)21(24)13-19/h3-13,25H,14H2,1-2H3,(H,26,28). The molecular formula is C23H21ClN2O5S. The van der Waals surface area contributed by atoms with E-state index in [1.165, 1.54) is 38.3 Å². The summed E-state index contributed by atoms with van der Waals surface area (Å²) in [7, 11) is -2.24. The molecule has 0 radical (unpaired) electrons. The second kappa shape index (κ2) is 9.95. The summed E-state index contributed by atoms with van der Waals surface area (Å²) in [6, 6.07) is 17.2. The first-order chi connectivity index (χ1) is 15.2. The van der Waals surface area contributed by atoms with Crippen LogP contribution in [0.5, 0.6) is 5.75 Å². The number of benzene rings is 3. The molecule has 2 N–H and O–H groups in total. The van der Waals surface area contributed by atoms with Crippen molar-refractivity contribution in [3.05, 3.63) is 88.4 Å². The van der Waals surface area contributed by atoms with E-state index in [0.29, 0.717) is 33.1 Å². The van der Waals surface area contributed by atoms with Crippen molar-refractivity contribution >= 4 is 39.0 Å². The predicted octanol–water partition coefficient (Wildman–Crippen LogP) is 4.28. The molecule has 0 saturated heterocycles. The summed E-state index contributed by atoms with van der Waals surface area (Å²) in [5.74, 6) is 0.0383. The number of Topliss-reactive ketones (excluding diaryl/α,β-unsaturated/α-hetero) is 1. The molecule has 0 bridgehead atoms. The molecule has 9 heteroatoms. The van der Waals surface area contributed by atoms with Gasteiger partial charge in [-0.2, -0.15) is 0 Å². The molecule has 0 saturated carbocycles. The van der Waals surface area contributed by atoms with Gasteiger partial charge in [0.25, 0.3) is 5.91 Å². The normalized spacial score (nSPS) is 11.1. The molecule has 7 nitrogen and oxygen atoms in total. The molecule has 0 aliphatic carbocycles. The van der Waals surface area contributed by atoms with Gasteiger partial charge in [-0.05, 0) is 55.0 Å². The molecule has 0 unspecified atom stereocenters. The van der Waals surface area contributed by atoms with Gasteiger partial charge in [0.2, 0.25) is 10.0 Å². The minimum Gasteiger partial charge on any atom is -0.495 e. The Morgan fingerprint density at radius 2 is 1.56 bits per heavy atom. The molecule has 3 rings (SSSR count). The van der Waals surface area contributed by atoms with E-state index in [2.05, 4.69) is 10.0 Å². The fourth-order valence-electron chi connectivity index (χ4n) is 2.85. The summed E-state index contributed by atoms with van der Waals surface area (Å²) >= 11 is 6.07. The van der Waals surface area contributed by atoms with Gasteiger partial charge in [0.05, 0.1) is 17.0 Å². The highest BCUT2D eigenvalue weighted by atomic mass is 35.5. The molecule has 1 amide bonds. The molecule has 32 heavy (non-hydrogen) atoms. The third-order valence-electron chi connectivity index (χ3n) is 4.66. The van der Waals surface area contributed by atoms with Crippen molar-refractivity contribution in [1.29, 1.82) is 0 Å². The molecule has 0 fully saturated rings. The number of rotatable bonds is 8. The molecule has 0 atom stereocenters. The van der Waals surface area contributed by atoms with Crippen molar-refractivity contribution in [1.82, 2.24) is 4.72 Å². The number of ketones is 1. The zero-order valence-electron chi connectivity index (χ0n) is 17.4. The van der Waals surface area contributed by atoms with Crippen LogP contribution in [-0.2, 0) is 16.6 Å². The first-order valence-electron chi connectivity index (χ1n) is 9.54. The lowest BCUT2D eigenvalue weighted by Gasteiger charge is -2.10. The van der Waals surface area contributed by atoms with Crippen LogP contribution in [0.1, 0.15) is 33.2 Å². The monoisotopic (exact) mass is 472 g/mol. The number of halogens is 1. The van der Waals surface area contributed by atoms with E-state index in [1.807, 2.05) is 0 Å². The second-order valence-electron chi connectivity index (χ2n) is 6.91. The summed E-state index contributed by atoms with van der Waals surface area (Å²) in [5.41, 5.74) is 2.05. The third kappa shape index (κ3) is 5.73. The summed E-state index contributed by atoms with van der Waals surface area (Å²) < 4.78 is 32.5. The van der Waals surface area contributed by atoms with Gasteiger partial charge in [0.15, 0.2) is 5.78 Å². The van der Waals surface area contributed by atoms with Gasteiger partial charge in [0.1, 0.15) is 5.75 Å². The Morgan fingerprint density at radius 3 is 2.12 bits per heavy atom. The van der Waals surface area contributed by atoms with Crippen LogP contribution in [-0.4, -0.2) is 27.2 Å². The number of anilines is 1. The Hall–Kier alpha value is -3.20. The van der Waals surface area contributed by atoms with Crippen LogP contribution in [0.4, 0.5) is 5.69 Å². The topological polar surface area (TPSA) is 102 Å². The minimum atomic E-state index is -3.74. The van der Waals surface area contributed by atoms with Gasteiger partial charge in [-0.15, -0.1) is 0 Å². The average Bonchev–Trinajstić information content (AvgIpc) is 2.78. The predicted molar refractivity (Wildman–Crippen MR) is 123 cm³/mol. The van der Waals surface area contributed by atoms with Crippen LogP contribution in [0.2, 0.25) is 5.02 Å². The fourth-order valence-corrected chi connectivity index (χ4v) is 4.13. The van der Waals surface area contributed by atoms with Crippen LogP contribution in [0.25, 0.3) is 0 Å². The van der Waals surface area contributed by atoms with Crippen molar-refractivity contribution in [3.63, 3.8) is 0 Å². The van der Waals surface area contributed by atoms with E-state index in [1.54, 1.807) is 42.5 Å². The lowest BCUT2D eigenvalue weighted by atomic mass is 10.1. The van der Waals surface area contributed by atoms with Crippen molar-refractivity contribution in [2.45, 2.75) is 18.4 Å². The van der Waals surface area contributed by atoms with Crippen LogP contribution in [0.15, 0.2) is 71.6 Å². The summed E-state index contributed by atoms with van der Waals surface area (Å²) in [6.07, 6.45) is 0. The van der Waals surface area contributed by atoms with Gasteiger partial charge >= 0.3 is 0 Å². The molecule has 0 heterocycles. The first kappa shape index (κ1) is 23.5. The zero-order chi connectivity index (χ0) is 23.3.